The van der Waals surface area contributed by atoms with E-state index in [9.17, 15) is 14.3 Å². The van der Waals surface area contributed by atoms with Crippen LogP contribution in [-0.2, 0) is 6.42 Å². The lowest BCUT2D eigenvalue weighted by atomic mass is 9.93. The second kappa shape index (κ2) is 10.0. The summed E-state index contributed by atoms with van der Waals surface area (Å²) in [5.41, 5.74) is 5.97. The van der Waals surface area contributed by atoms with E-state index in [-0.39, 0.29) is 24.4 Å². The number of rotatable bonds is 6. The van der Waals surface area contributed by atoms with E-state index in [4.69, 9.17) is 0 Å². The van der Waals surface area contributed by atoms with Crippen LogP contribution in [-0.4, -0.2) is 52.6 Å². The molecule has 0 aliphatic carbocycles. The van der Waals surface area contributed by atoms with Crippen molar-refractivity contribution in [1.82, 2.24) is 14.6 Å². The molecule has 1 aliphatic rings. The number of carbonyl (C=O) groups is 1. The van der Waals surface area contributed by atoms with Gasteiger partial charge in [0.25, 0.3) is 5.91 Å². The number of pyridine rings is 1. The Morgan fingerprint density at radius 2 is 1.89 bits per heavy atom. The molecule has 2 aromatic carbocycles. The summed E-state index contributed by atoms with van der Waals surface area (Å²) in [7, 11) is 0. The molecule has 0 radical (unpaired) electrons. The molecule has 5 rings (SSSR count). The average Bonchev–Trinajstić information content (AvgIpc) is 3.21. The van der Waals surface area contributed by atoms with Crippen molar-refractivity contribution in [2.75, 3.05) is 26.2 Å². The molecule has 180 valence electrons. The van der Waals surface area contributed by atoms with Crippen LogP contribution in [0.4, 0.5) is 4.39 Å². The highest BCUT2D eigenvalue weighted by atomic mass is 19.1. The number of amides is 1. The Labute approximate surface area is 204 Å². The quantitative estimate of drug-likeness (QED) is 0.437. The molecular formula is C29H30FN3O2. The van der Waals surface area contributed by atoms with Crippen molar-refractivity contribution in [2.24, 2.45) is 0 Å². The summed E-state index contributed by atoms with van der Waals surface area (Å²) in [5.74, 6) is -0.281. The van der Waals surface area contributed by atoms with E-state index in [1.807, 2.05) is 58.0 Å². The summed E-state index contributed by atoms with van der Waals surface area (Å²) in [5, 5.41) is 12.8. The molecule has 1 aliphatic heterocycles. The molecule has 4 aromatic rings. The molecule has 0 saturated carbocycles. The Bertz CT molecular complexity index is 1350. The second-order valence-corrected chi connectivity index (χ2v) is 9.14. The van der Waals surface area contributed by atoms with Crippen LogP contribution >= 0.6 is 0 Å². The van der Waals surface area contributed by atoms with E-state index in [1.165, 1.54) is 6.07 Å². The predicted octanol–water partition coefficient (Wildman–Crippen LogP) is 4.44. The minimum atomic E-state index is -0.241. The van der Waals surface area contributed by atoms with Gasteiger partial charge in [0.05, 0.1) is 5.52 Å². The van der Waals surface area contributed by atoms with Crippen LogP contribution < -0.4 is 5.32 Å². The summed E-state index contributed by atoms with van der Waals surface area (Å²) in [6.07, 6.45) is 2.98. The van der Waals surface area contributed by atoms with Crippen LogP contribution in [0.25, 0.3) is 16.6 Å². The normalized spacial score (nSPS) is 16.1. The lowest BCUT2D eigenvalue weighted by Crippen LogP contribution is -2.53. The Morgan fingerprint density at radius 1 is 1.09 bits per heavy atom. The number of piperazine rings is 1. The predicted molar refractivity (Wildman–Crippen MR) is 136 cm³/mol. The number of benzene rings is 2. The van der Waals surface area contributed by atoms with E-state index >= 15 is 0 Å². The lowest BCUT2D eigenvalue weighted by Gasteiger charge is -2.33. The van der Waals surface area contributed by atoms with E-state index < -0.39 is 0 Å². The molecule has 1 unspecified atom stereocenters. The number of aliphatic hydroxyl groups excluding tert-OH is 1. The summed E-state index contributed by atoms with van der Waals surface area (Å²) in [6, 6.07) is 21.2. The van der Waals surface area contributed by atoms with Crippen LogP contribution in [0.1, 0.15) is 33.6 Å². The van der Waals surface area contributed by atoms with Gasteiger partial charge in [0, 0.05) is 50.5 Å². The van der Waals surface area contributed by atoms with Gasteiger partial charge in [0.1, 0.15) is 11.5 Å². The Kier molecular flexibility index (Phi) is 6.66. The van der Waals surface area contributed by atoms with Gasteiger partial charge in [0.15, 0.2) is 0 Å². The first-order valence-corrected chi connectivity index (χ1v) is 12.1. The molecule has 6 heteroatoms. The van der Waals surface area contributed by atoms with Crippen molar-refractivity contribution < 1.29 is 14.3 Å². The van der Waals surface area contributed by atoms with Crippen LogP contribution in [0.3, 0.4) is 0 Å². The maximum atomic E-state index is 14.5. The smallest absolute Gasteiger partial charge is 0.271 e. The van der Waals surface area contributed by atoms with Crippen molar-refractivity contribution in [3.63, 3.8) is 0 Å². The second-order valence-electron chi connectivity index (χ2n) is 9.14. The molecular weight excluding hydrogens is 441 g/mol. The molecule has 0 bridgehead atoms. The number of aromatic nitrogens is 1. The monoisotopic (exact) mass is 471 g/mol. The van der Waals surface area contributed by atoms with Crippen LogP contribution in [0.15, 0.2) is 72.9 Å². The fourth-order valence-electron chi connectivity index (χ4n) is 5.13. The Hall–Kier alpha value is -3.48. The van der Waals surface area contributed by atoms with Crippen LogP contribution in [0.2, 0.25) is 0 Å². The number of nitrogens with one attached hydrogen (secondary N) is 1. The first-order chi connectivity index (χ1) is 17.1. The zero-order valence-corrected chi connectivity index (χ0v) is 19.9. The number of fused-ring (bicyclic) bond motifs is 1. The van der Waals surface area contributed by atoms with Crippen molar-refractivity contribution in [3.05, 3.63) is 101 Å². The van der Waals surface area contributed by atoms with E-state index in [1.54, 1.807) is 13.0 Å². The topological polar surface area (TPSA) is 57.0 Å². The molecule has 2 aromatic heterocycles. The van der Waals surface area contributed by atoms with Gasteiger partial charge >= 0.3 is 0 Å². The number of aliphatic hydroxyl groups is 1. The summed E-state index contributed by atoms with van der Waals surface area (Å²) in [6.45, 7) is 3.69. The first kappa shape index (κ1) is 23.3. The molecule has 1 fully saturated rings. The summed E-state index contributed by atoms with van der Waals surface area (Å²) in [4.78, 5) is 16.0. The summed E-state index contributed by atoms with van der Waals surface area (Å²) >= 11 is 0. The maximum absolute atomic E-state index is 14.5. The molecule has 3 heterocycles. The molecule has 5 nitrogen and oxygen atoms in total. The highest BCUT2D eigenvalue weighted by Gasteiger charge is 2.30. The van der Waals surface area contributed by atoms with Crippen LogP contribution in [0.5, 0.6) is 0 Å². The SMILES string of the molecule is Cc1c(F)cccc1Cc1c(-c2ccccc2)c2ccccn2c1C(=O)N1CCNC(CCO)C1. The van der Waals surface area contributed by atoms with Crippen molar-refractivity contribution in [1.29, 1.82) is 0 Å². The molecule has 1 amide bonds. The minimum Gasteiger partial charge on any atom is -0.396 e. The van der Waals surface area contributed by atoms with Gasteiger partial charge in [-0.25, -0.2) is 4.39 Å². The fraction of sp³-hybridized carbons (Fsp3) is 0.276. The molecule has 35 heavy (non-hydrogen) atoms. The standard InChI is InChI=1S/C29H30FN3O2/c1-20-22(10-7-11-25(20)30)18-24-27(21-8-3-2-4-9-21)26-12-5-6-15-33(26)28(24)29(35)32-16-14-31-23(19-32)13-17-34/h2-12,15,23,31,34H,13-14,16-19H2,1H3. The number of nitrogens with zero attached hydrogens (tertiary/aromatic N) is 2. The molecule has 1 saturated heterocycles. The number of carbonyl (C=O) groups excluding carboxylic acids is 1. The van der Waals surface area contributed by atoms with Gasteiger partial charge in [-0.1, -0.05) is 48.5 Å². The third-order valence-electron chi connectivity index (χ3n) is 6.98. The number of hydrogen-bond donors (Lipinski definition) is 2. The third-order valence-corrected chi connectivity index (χ3v) is 6.98. The third kappa shape index (κ3) is 4.47. The van der Waals surface area contributed by atoms with Crippen LogP contribution in [0, 0.1) is 12.7 Å². The maximum Gasteiger partial charge on any atom is 0.271 e. The zero-order valence-electron chi connectivity index (χ0n) is 19.9. The van der Waals surface area contributed by atoms with Gasteiger partial charge in [-0.3, -0.25) is 4.79 Å². The van der Waals surface area contributed by atoms with E-state index in [2.05, 4.69) is 17.4 Å². The molecule has 1 atom stereocenters. The minimum absolute atomic E-state index is 0.0399. The zero-order chi connectivity index (χ0) is 24.4. The molecule has 2 N–H and O–H groups in total. The van der Waals surface area contributed by atoms with Gasteiger partial charge in [-0.05, 0) is 53.8 Å². The van der Waals surface area contributed by atoms with E-state index in [0.29, 0.717) is 43.7 Å². The van der Waals surface area contributed by atoms with Crippen molar-refractivity contribution in [2.45, 2.75) is 25.8 Å². The highest BCUT2D eigenvalue weighted by Crippen LogP contribution is 2.36. The van der Waals surface area contributed by atoms with Gasteiger partial charge in [-0.2, -0.15) is 0 Å². The average molecular weight is 472 g/mol. The molecule has 0 spiro atoms. The Balaban J connectivity index is 1.70. The van der Waals surface area contributed by atoms with Gasteiger partial charge in [-0.15, -0.1) is 0 Å². The first-order valence-electron chi connectivity index (χ1n) is 12.1. The fourth-order valence-corrected chi connectivity index (χ4v) is 5.13. The van der Waals surface area contributed by atoms with E-state index in [0.717, 1.165) is 27.8 Å². The lowest BCUT2D eigenvalue weighted by molar-refractivity contribution is 0.0682. The van der Waals surface area contributed by atoms with Crippen molar-refractivity contribution in [3.8, 4) is 11.1 Å². The number of hydrogen-bond acceptors (Lipinski definition) is 3. The highest BCUT2D eigenvalue weighted by molar-refractivity contribution is 6.01. The van der Waals surface area contributed by atoms with Gasteiger partial charge < -0.3 is 19.7 Å². The number of halogens is 1. The largest absolute Gasteiger partial charge is 0.396 e. The van der Waals surface area contributed by atoms with Crippen molar-refractivity contribution >= 4 is 11.4 Å². The summed E-state index contributed by atoms with van der Waals surface area (Å²) < 4.78 is 16.5. The Morgan fingerprint density at radius 3 is 2.69 bits per heavy atom. The van der Waals surface area contributed by atoms with Gasteiger partial charge in [0.2, 0.25) is 0 Å².